The topological polar surface area (TPSA) is 72.7 Å². The van der Waals surface area contributed by atoms with Gasteiger partial charge in [0, 0.05) is 7.05 Å². The summed E-state index contributed by atoms with van der Waals surface area (Å²) in [6, 6.07) is 6.04. The molecule has 0 unspecified atom stereocenters. The van der Waals surface area contributed by atoms with E-state index in [-0.39, 0.29) is 11.7 Å². The maximum Gasteiger partial charge on any atom is 0.236 e. The maximum atomic E-state index is 11.9. The number of carbonyl (C=O) groups is 1. The molecule has 0 fully saturated rings. The Morgan fingerprint density at radius 3 is 3.10 bits per heavy atom. The number of nitrogens with one attached hydrogen (secondary N) is 1. The van der Waals surface area contributed by atoms with E-state index in [0.29, 0.717) is 10.3 Å². The van der Waals surface area contributed by atoms with E-state index in [1.54, 1.807) is 10.9 Å². The lowest BCUT2D eigenvalue weighted by Gasteiger charge is -2.00. The lowest BCUT2D eigenvalue weighted by molar-refractivity contribution is -0.113. The Morgan fingerprint density at radius 1 is 1.48 bits per heavy atom. The van der Waals surface area contributed by atoms with Gasteiger partial charge in [-0.3, -0.25) is 4.79 Å². The molecule has 6 nitrogen and oxygen atoms in total. The normalized spacial score (nSPS) is 11.0. The van der Waals surface area contributed by atoms with Gasteiger partial charge in [-0.1, -0.05) is 29.2 Å². The van der Waals surface area contributed by atoms with Crippen molar-refractivity contribution in [3.63, 3.8) is 0 Å². The van der Waals surface area contributed by atoms with E-state index in [4.69, 9.17) is 0 Å². The number of hydrogen-bond donors (Lipinski definition) is 1. The number of carbonyl (C=O) groups excluding carboxylic acids is 1. The van der Waals surface area contributed by atoms with Gasteiger partial charge >= 0.3 is 0 Å². The van der Waals surface area contributed by atoms with Crippen molar-refractivity contribution >= 4 is 44.4 Å². The SMILES string of the molecule is Cc1ccc2nc(NC(=O)CSc3nncn3C)sc2c1. The highest BCUT2D eigenvalue weighted by Gasteiger charge is 2.10. The standard InChI is InChI=1S/C13H13N5OS2/c1-8-3-4-9-10(5-8)21-12(15-9)16-11(19)6-20-13-17-14-7-18(13)2/h3-5,7H,6H2,1-2H3,(H,15,16,19). The predicted molar refractivity (Wildman–Crippen MR) is 84.7 cm³/mol. The summed E-state index contributed by atoms with van der Waals surface area (Å²) >= 11 is 2.83. The van der Waals surface area contributed by atoms with Gasteiger partial charge in [0.2, 0.25) is 5.91 Å². The van der Waals surface area contributed by atoms with Crippen LogP contribution in [-0.2, 0) is 11.8 Å². The van der Waals surface area contributed by atoms with Gasteiger partial charge in [0.25, 0.3) is 0 Å². The van der Waals surface area contributed by atoms with Crippen molar-refractivity contribution < 1.29 is 4.79 Å². The van der Waals surface area contributed by atoms with Crippen LogP contribution in [0, 0.1) is 6.92 Å². The highest BCUT2D eigenvalue weighted by Crippen LogP contribution is 2.26. The van der Waals surface area contributed by atoms with Crippen LogP contribution in [0.5, 0.6) is 0 Å². The van der Waals surface area contributed by atoms with E-state index in [2.05, 4.69) is 26.6 Å². The summed E-state index contributed by atoms with van der Waals surface area (Å²) in [6.45, 7) is 2.04. The summed E-state index contributed by atoms with van der Waals surface area (Å²) in [4.78, 5) is 16.3. The molecule has 108 valence electrons. The van der Waals surface area contributed by atoms with Crippen molar-refractivity contribution in [2.24, 2.45) is 7.05 Å². The number of amides is 1. The van der Waals surface area contributed by atoms with E-state index in [1.807, 2.05) is 26.1 Å². The number of rotatable bonds is 4. The monoisotopic (exact) mass is 319 g/mol. The summed E-state index contributed by atoms with van der Waals surface area (Å²) in [5.41, 5.74) is 2.09. The van der Waals surface area contributed by atoms with Crippen molar-refractivity contribution in [2.75, 3.05) is 11.1 Å². The first-order chi connectivity index (χ1) is 10.1. The summed E-state index contributed by atoms with van der Waals surface area (Å²) in [5, 5.41) is 11.9. The minimum Gasteiger partial charge on any atom is -0.312 e. The second-order valence-corrected chi connectivity index (χ2v) is 6.52. The minimum atomic E-state index is -0.0984. The van der Waals surface area contributed by atoms with Gasteiger partial charge in [-0.15, -0.1) is 10.2 Å². The third kappa shape index (κ3) is 3.22. The third-order valence-electron chi connectivity index (χ3n) is 2.79. The van der Waals surface area contributed by atoms with Crippen molar-refractivity contribution in [3.05, 3.63) is 30.1 Å². The van der Waals surface area contributed by atoms with Crippen LogP contribution in [0.25, 0.3) is 10.2 Å². The molecule has 0 aliphatic rings. The first kappa shape index (κ1) is 14.0. The molecular formula is C13H13N5OS2. The van der Waals surface area contributed by atoms with Crippen molar-refractivity contribution in [3.8, 4) is 0 Å². The fourth-order valence-corrected chi connectivity index (χ4v) is 3.44. The Bertz CT molecular complexity index is 795. The van der Waals surface area contributed by atoms with Gasteiger partial charge in [0.15, 0.2) is 10.3 Å². The Kier molecular flexibility index (Phi) is 3.89. The largest absolute Gasteiger partial charge is 0.312 e. The zero-order chi connectivity index (χ0) is 14.8. The summed E-state index contributed by atoms with van der Waals surface area (Å²) < 4.78 is 2.85. The molecule has 1 N–H and O–H groups in total. The van der Waals surface area contributed by atoms with Crippen molar-refractivity contribution in [1.29, 1.82) is 0 Å². The number of thioether (sulfide) groups is 1. The van der Waals surface area contributed by atoms with Gasteiger partial charge in [-0.05, 0) is 24.6 Å². The zero-order valence-corrected chi connectivity index (χ0v) is 13.2. The lowest BCUT2D eigenvalue weighted by atomic mass is 10.2. The van der Waals surface area contributed by atoms with E-state index in [1.165, 1.54) is 28.7 Å². The third-order valence-corrected chi connectivity index (χ3v) is 4.76. The predicted octanol–water partition coefficient (Wildman–Crippen LogP) is 2.46. The van der Waals surface area contributed by atoms with Crippen molar-refractivity contribution in [2.45, 2.75) is 12.1 Å². The minimum absolute atomic E-state index is 0.0984. The fourth-order valence-electron chi connectivity index (χ4n) is 1.77. The molecule has 8 heteroatoms. The van der Waals surface area contributed by atoms with Gasteiger partial charge in [0.1, 0.15) is 6.33 Å². The molecule has 0 atom stereocenters. The number of benzene rings is 1. The Balaban J connectivity index is 1.64. The number of aromatic nitrogens is 4. The molecule has 1 aromatic carbocycles. The van der Waals surface area contributed by atoms with E-state index in [0.717, 1.165) is 10.2 Å². The molecule has 0 aliphatic carbocycles. The maximum absolute atomic E-state index is 11.9. The van der Waals surface area contributed by atoms with Crippen LogP contribution in [0.15, 0.2) is 29.7 Å². The summed E-state index contributed by atoms with van der Waals surface area (Å²) in [6.07, 6.45) is 1.61. The van der Waals surface area contributed by atoms with Gasteiger partial charge in [-0.25, -0.2) is 4.98 Å². The van der Waals surface area contributed by atoms with Crippen LogP contribution in [0.3, 0.4) is 0 Å². The quantitative estimate of drug-likeness (QED) is 0.748. The lowest BCUT2D eigenvalue weighted by Crippen LogP contribution is -2.14. The molecule has 1 amide bonds. The van der Waals surface area contributed by atoms with Crippen LogP contribution in [0.4, 0.5) is 5.13 Å². The molecule has 3 rings (SSSR count). The fraction of sp³-hybridized carbons (Fsp3) is 0.231. The molecule has 0 radical (unpaired) electrons. The van der Waals surface area contributed by atoms with Crippen LogP contribution < -0.4 is 5.32 Å². The smallest absolute Gasteiger partial charge is 0.236 e. The molecule has 0 spiro atoms. The Morgan fingerprint density at radius 2 is 2.33 bits per heavy atom. The molecule has 21 heavy (non-hydrogen) atoms. The first-order valence-electron chi connectivity index (χ1n) is 6.25. The number of thiazole rings is 1. The van der Waals surface area contributed by atoms with Gasteiger partial charge in [0.05, 0.1) is 16.0 Å². The molecule has 2 heterocycles. The van der Waals surface area contributed by atoms with Crippen LogP contribution in [-0.4, -0.2) is 31.4 Å². The zero-order valence-electron chi connectivity index (χ0n) is 11.5. The van der Waals surface area contributed by atoms with Crippen LogP contribution in [0.2, 0.25) is 0 Å². The highest BCUT2D eigenvalue weighted by molar-refractivity contribution is 7.99. The van der Waals surface area contributed by atoms with Gasteiger partial charge in [-0.2, -0.15) is 0 Å². The molecule has 0 bridgehead atoms. The highest BCUT2D eigenvalue weighted by atomic mass is 32.2. The Hall–Kier alpha value is -1.93. The van der Waals surface area contributed by atoms with E-state index < -0.39 is 0 Å². The summed E-state index contributed by atoms with van der Waals surface area (Å²) in [5.74, 6) is 0.181. The van der Waals surface area contributed by atoms with Crippen LogP contribution >= 0.6 is 23.1 Å². The van der Waals surface area contributed by atoms with E-state index >= 15 is 0 Å². The number of anilines is 1. The summed E-state index contributed by atoms with van der Waals surface area (Å²) in [7, 11) is 1.84. The number of aryl methyl sites for hydroxylation is 2. The molecule has 0 saturated carbocycles. The van der Waals surface area contributed by atoms with Crippen molar-refractivity contribution in [1.82, 2.24) is 19.7 Å². The molecule has 2 aromatic heterocycles. The average Bonchev–Trinajstić information content (AvgIpc) is 3.01. The number of fused-ring (bicyclic) bond motifs is 1. The van der Waals surface area contributed by atoms with Gasteiger partial charge < -0.3 is 9.88 Å². The molecular weight excluding hydrogens is 306 g/mol. The molecule has 0 aliphatic heterocycles. The second-order valence-electron chi connectivity index (χ2n) is 4.55. The van der Waals surface area contributed by atoms with Crippen LogP contribution in [0.1, 0.15) is 5.56 Å². The molecule has 3 aromatic rings. The second kappa shape index (κ2) is 5.82. The first-order valence-corrected chi connectivity index (χ1v) is 8.06. The average molecular weight is 319 g/mol. The number of nitrogens with zero attached hydrogens (tertiary/aromatic N) is 4. The number of hydrogen-bond acceptors (Lipinski definition) is 6. The molecule has 0 saturated heterocycles. The van der Waals surface area contributed by atoms with E-state index in [9.17, 15) is 4.79 Å². The Labute approximate surface area is 129 Å².